The Hall–Kier alpha value is -2.76. The van der Waals surface area contributed by atoms with Gasteiger partial charge in [-0.25, -0.2) is 4.98 Å². The first kappa shape index (κ1) is 15.7. The normalized spacial score (nSPS) is 11.2. The molecule has 0 saturated carbocycles. The Bertz CT molecular complexity index is 1010. The van der Waals surface area contributed by atoms with Crippen molar-refractivity contribution in [3.05, 3.63) is 94.2 Å². The van der Waals surface area contributed by atoms with Crippen molar-refractivity contribution in [3.63, 3.8) is 0 Å². The highest BCUT2D eigenvalue weighted by molar-refractivity contribution is 7.15. The van der Waals surface area contributed by atoms with Crippen LogP contribution < -0.4 is 0 Å². The molecule has 2 aromatic carbocycles. The van der Waals surface area contributed by atoms with Crippen molar-refractivity contribution in [1.29, 1.82) is 0 Å². The fraction of sp³-hybridized carbons (Fsp3) is 0. The number of halogens is 1. The molecule has 0 bridgehead atoms. The Morgan fingerprint density at radius 3 is 2.28 bits per heavy atom. The molecule has 0 atom stereocenters. The molecule has 0 amide bonds. The molecule has 6 heteroatoms. The van der Waals surface area contributed by atoms with E-state index < -0.39 is 0 Å². The zero-order chi connectivity index (χ0) is 17.1. The molecular weight excluding hydrogens is 352 g/mol. The van der Waals surface area contributed by atoms with E-state index in [1.807, 2.05) is 76.6 Å². The zero-order valence-electron chi connectivity index (χ0n) is 13.1. The first-order chi connectivity index (χ1) is 12.3. The van der Waals surface area contributed by atoms with Crippen molar-refractivity contribution in [3.8, 4) is 0 Å². The molecule has 0 aliphatic heterocycles. The van der Waals surface area contributed by atoms with E-state index in [1.165, 1.54) is 11.3 Å². The van der Waals surface area contributed by atoms with Crippen LogP contribution in [0.25, 0.3) is 4.96 Å². The SMILES string of the molecule is Clc1nc2sccn2c1/C=N/N=C(c1ccccc1)c1ccccc1. The summed E-state index contributed by atoms with van der Waals surface area (Å²) >= 11 is 7.72. The Kier molecular flexibility index (Phi) is 4.41. The van der Waals surface area contributed by atoms with Crippen molar-refractivity contribution < 1.29 is 0 Å². The van der Waals surface area contributed by atoms with E-state index >= 15 is 0 Å². The molecule has 4 rings (SSSR count). The maximum Gasteiger partial charge on any atom is 0.195 e. The van der Waals surface area contributed by atoms with Gasteiger partial charge in [-0.2, -0.15) is 5.10 Å². The second-order valence-electron chi connectivity index (χ2n) is 5.27. The quantitative estimate of drug-likeness (QED) is 0.374. The van der Waals surface area contributed by atoms with Gasteiger partial charge in [0.2, 0.25) is 0 Å². The average molecular weight is 365 g/mol. The molecule has 25 heavy (non-hydrogen) atoms. The van der Waals surface area contributed by atoms with Gasteiger partial charge in [-0.15, -0.1) is 16.4 Å². The zero-order valence-corrected chi connectivity index (χ0v) is 14.7. The van der Waals surface area contributed by atoms with Crippen LogP contribution in [0.15, 0.2) is 82.4 Å². The fourth-order valence-electron chi connectivity index (χ4n) is 2.51. The summed E-state index contributed by atoms with van der Waals surface area (Å²) in [4.78, 5) is 5.13. The maximum absolute atomic E-state index is 6.19. The Morgan fingerprint density at radius 1 is 1.00 bits per heavy atom. The topological polar surface area (TPSA) is 42.0 Å². The number of hydrogen-bond acceptors (Lipinski definition) is 4. The molecule has 0 aliphatic rings. The van der Waals surface area contributed by atoms with Gasteiger partial charge in [0.1, 0.15) is 11.4 Å². The molecule has 0 saturated heterocycles. The lowest BCUT2D eigenvalue weighted by Crippen LogP contribution is -2.02. The predicted octanol–water partition coefficient (Wildman–Crippen LogP) is 4.92. The molecule has 0 aliphatic carbocycles. The smallest absolute Gasteiger partial charge is 0.195 e. The van der Waals surface area contributed by atoms with Crippen molar-refractivity contribution in [2.24, 2.45) is 10.2 Å². The van der Waals surface area contributed by atoms with Crippen LogP contribution in [0.4, 0.5) is 0 Å². The van der Waals surface area contributed by atoms with Crippen LogP contribution >= 0.6 is 22.9 Å². The van der Waals surface area contributed by atoms with Gasteiger partial charge < -0.3 is 0 Å². The second kappa shape index (κ2) is 7.01. The lowest BCUT2D eigenvalue weighted by Gasteiger charge is -2.04. The Labute approximate surface area is 153 Å². The van der Waals surface area contributed by atoms with E-state index in [-0.39, 0.29) is 0 Å². The van der Waals surface area contributed by atoms with Gasteiger partial charge in [0.15, 0.2) is 10.1 Å². The fourth-order valence-corrected chi connectivity index (χ4v) is 3.50. The van der Waals surface area contributed by atoms with Crippen LogP contribution in [-0.2, 0) is 0 Å². The maximum atomic E-state index is 6.19. The number of rotatable bonds is 4. The molecule has 0 N–H and O–H groups in total. The van der Waals surface area contributed by atoms with Gasteiger partial charge in [-0.3, -0.25) is 4.40 Å². The lowest BCUT2D eigenvalue weighted by molar-refractivity contribution is 1.19. The largest absolute Gasteiger partial charge is 0.288 e. The summed E-state index contributed by atoms with van der Waals surface area (Å²) < 4.78 is 1.90. The van der Waals surface area contributed by atoms with Crippen molar-refractivity contribution in [1.82, 2.24) is 9.38 Å². The minimum atomic E-state index is 0.423. The van der Waals surface area contributed by atoms with Crippen LogP contribution in [0.2, 0.25) is 5.15 Å². The molecule has 0 fully saturated rings. The van der Waals surface area contributed by atoms with E-state index in [1.54, 1.807) is 6.21 Å². The number of benzene rings is 2. The number of thiazole rings is 1. The van der Waals surface area contributed by atoms with E-state index in [4.69, 9.17) is 11.6 Å². The summed E-state index contributed by atoms with van der Waals surface area (Å²) in [6, 6.07) is 20.0. The highest BCUT2D eigenvalue weighted by atomic mass is 35.5. The average Bonchev–Trinajstić information content (AvgIpc) is 3.22. The first-order valence-corrected chi connectivity index (χ1v) is 8.91. The molecule has 4 aromatic rings. The summed E-state index contributed by atoms with van der Waals surface area (Å²) in [5.41, 5.74) is 3.54. The molecule has 0 unspecified atom stereocenters. The summed E-state index contributed by atoms with van der Waals surface area (Å²) in [6.07, 6.45) is 3.56. The number of hydrogen-bond donors (Lipinski definition) is 0. The van der Waals surface area contributed by atoms with Gasteiger partial charge in [0.25, 0.3) is 0 Å². The van der Waals surface area contributed by atoms with E-state index in [0.29, 0.717) is 5.15 Å². The lowest BCUT2D eigenvalue weighted by atomic mass is 10.0. The van der Waals surface area contributed by atoms with Gasteiger partial charge in [-0.1, -0.05) is 72.3 Å². The van der Waals surface area contributed by atoms with Crippen molar-refractivity contribution in [2.75, 3.05) is 0 Å². The van der Waals surface area contributed by atoms with Gasteiger partial charge >= 0.3 is 0 Å². The summed E-state index contributed by atoms with van der Waals surface area (Å²) in [5, 5.41) is 11.1. The van der Waals surface area contributed by atoms with Crippen LogP contribution in [0.1, 0.15) is 16.8 Å². The number of fused-ring (bicyclic) bond motifs is 1. The van der Waals surface area contributed by atoms with Gasteiger partial charge in [0, 0.05) is 22.7 Å². The minimum Gasteiger partial charge on any atom is -0.288 e. The second-order valence-corrected chi connectivity index (χ2v) is 6.50. The summed E-state index contributed by atoms with van der Waals surface area (Å²) in [7, 11) is 0. The van der Waals surface area contributed by atoms with Crippen molar-refractivity contribution in [2.45, 2.75) is 0 Å². The third-order valence-corrected chi connectivity index (χ3v) is 4.72. The van der Waals surface area contributed by atoms with Gasteiger partial charge in [-0.05, 0) is 0 Å². The molecule has 4 nitrogen and oxygen atoms in total. The van der Waals surface area contributed by atoms with Crippen LogP contribution in [0.5, 0.6) is 0 Å². The van der Waals surface area contributed by atoms with Crippen molar-refractivity contribution >= 4 is 39.8 Å². The van der Waals surface area contributed by atoms with Crippen LogP contribution in [0, 0.1) is 0 Å². The molecular formula is C19H13ClN4S. The molecule has 0 radical (unpaired) electrons. The molecule has 0 spiro atoms. The predicted molar refractivity (Wildman–Crippen MR) is 104 cm³/mol. The third kappa shape index (κ3) is 3.24. The molecule has 122 valence electrons. The summed E-state index contributed by atoms with van der Waals surface area (Å²) in [5.74, 6) is 0. The molecule has 2 aromatic heterocycles. The Balaban J connectivity index is 1.75. The number of imidazole rings is 1. The van der Waals surface area contributed by atoms with Crippen LogP contribution in [0.3, 0.4) is 0 Å². The van der Waals surface area contributed by atoms with Gasteiger partial charge in [0.05, 0.1) is 6.21 Å². The third-order valence-electron chi connectivity index (χ3n) is 3.69. The summed E-state index contributed by atoms with van der Waals surface area (Å²) in [6.45, 7) is 0. The standard InChI is InChI=1S/C19H13ClN4S/c20-18-16(24-11-12-25-19(24)22-18)13-21-23-17(14-7-3-1-4-8-14)15-9-5-2-6-10-15/h1-13H/b21-13+. The van der Waals surface area contributed by atoms with E-state index in [9.17, 15) is 0 Å². The highest BCUT2D eigenvalue weighted by Crippen LogP contribution is 2.20. The highest BCUT2D eigenvalue weighted by Gasteiger charge is 2.09. The minimum absolute atomic E-state index is 0.423. The Morgan fingerprint density at radius 2 is 1.64 bits per heavy atom. The van der Waals surface area contributed by atoms with E-state index in [0.717, 1.165) is 27.5 Å². The number of aromatic nitrogens is 2. The van der Waals surface area contributed by atoms with Crippen LogP contribution in [-0.4, -0.2) is 21.3 Å². The monoisotopic (exact) mass is 364 g/mol. The van der Waals surface area contributed by atoms with E-state index in [2.05, 4.69) is 15.2 Å². The number of nitrogens with zero attached hydrogens (tertiary/aromatic N) is 4. The first-order valence-electron chi connectivity index (χ1n) is 7.66. The molecule has 2 heterocycles.